The summed E-state index contributed by atoms with van der Waals surface area (Å²) in [6.45, 7) is 1.31. The van der Waals surface area contributed by atoms with Crippen LogP contribution >= 0.6 is 0 Å². The number of carbonyl (C=O) groups is 1. The number of hydrogen-bond acceptors (Lipinski definition) is 3. The van der Waals surface area contributed by atoms with Crippen LogP contribution in [0.3, 0.4) is 0 Å². The first kappa shape index (κ1) is 16.6. The molecule has 134 valence electrons. The molecule has 1 saturated heterocycles. The molecule has 2 heterocycles. The highest BCUT2D eigenvalue weighted by Crippen LogP contribution is 2.24. The number of likely N-dealkylation sites (tertiary alicyclic amines) is 1. The van der Waals surface area contributed by atoms with Gasteiger partial charge in [0.2, 0.25) is 0 Å². The number of benzene rings is 2. The minimum atomic E-state index is -0.821. The zero-order valence-corrected chi connectivity index (χ0v) is 14.1. The van der Waals surface area contributed by atoms with Crippen LogP contribution in [0.15, 0.2) is 36.4 Å². The van der Waals surface area contributed by atoms with Crippen molar-refractivity contribution in [2.24, 2.45) is 5.92 Å². The molecular weight excluding hydrogens is 338 g/mol. The van der Waals surface area contributed by atoms with Crippen molar-refractivity contribution in [2.75, 3.05) is 13.1 Å². The Labute approximate surface area is 149 Å². The predicted octanol–water partition coefficient (Wildman–Crippen LogP) is 3.33. The fraction of sp³-hybridized carbons (Fsp3) is 0.316. The number of amides is 1. The Balaban J connectivity index is 1.38. The SMILES string of the molecule is O=C(c1ccc2n[nH]nc2c1)N1CCC(Cc2ccc(F)c(F)c2)CC1. The van der Waals surface area contributed by atoms with Crippen LogP contribution in [0.2, 0.25) is 0 Å². The zero-order valence-electron chi connectivity index (χ0n) is 14.1. The number of nitrogens with one attached hydrogen (secondary N) is 1. The normalized spacial score (nSPS) is 15.5. The lowest BCUT2D eigenvalue weighted by atomic mass is 9.90. The van der Waals surface area contributed by atoms with Crippen LogP contribution in [0.25, 0.3) is 11.0 Å². The van der Waals surface area contributed by atoms with E-state index in [0.29, 0.717) is 36.5 Å². The third kappa shape index (κ3) is 3.29. The lowest BCUT2D eigenvalue weighted by molar-refractivity contribution is 0.0690. The molecule has 4 rings (SSSR count). The van der Waals surface area contributed by atoms with Gasteiger partial charge >= 0.3 is 0 Å². The second kappa shape index (κ2) is 6.82. The van der Waals surface area contributed by atoms with Gasteiger partial charge in [-0.2, -0.15) is 15.4 Å². The van der Waals surface area contributed by atoms with Crippen molar-refractivity contribution < 1.29 is 13.6 Å². The standard InChI is InChI=1S/C19H18F2N4O/c20-15-3-1-13(10-16(15)21)9-12-5-7-25(8-6-12)19(26)14-2-4-17-18(11-14)23-24-22-17/h1-4,10-12H,5-9H2,(H,22,23,24). The van der Waals surface area contributed by atoms with Crippen LogP contribution in [-0.4, -0.2) is 39.3 Å². The average molecular weight is 356 g/mol. The zero-order chi connectivity index (χ0) is 18.1. The van der Waals surface area contributed by atoms with Gasteiger partial charge in [0.15, 0.2) is 11.6 Å². The molecule has 0 unspecified atom stereocenters. The maximum Gasteiger partial charge on any atom is 0.253 e. The van der Waals surface area contributed by atoms with Crippen LogP contribution < -0.4 is 0 Å². The van der Waals surface area contributed by atoms with Crippen molar-refractivity contribution in [3.05, 3.63) is 59.2 Å². The molecule has 1 aliphatic rings. The molecule has 1 aliphatic heterocycles. The number of aromatic nitrogens is 3. The van der Waals surface area contributed by atoms with Crippen LogP contribution in [0.5, 0.6) is 0 Å². The minimum absolute atomic E-state index is 0.0128. The van der Waals surface area contributed by atoms with Gasteiger partial charge in [-0.25, -0.2) is 8.78 Å². The van der Waals surface area contributed by atoms with Gasteiger partial charge in [0, 0.05) is 18.7 Å². The van der Waals surface area contributed by atoms with Crippen LogP contribution in [0.4, 0.5) is 8.78 Å². The fourth-order valence-corrected chi connectivity index (χ4v) is 3.50. The first-order valence-electron chi connectivity index (χ1n) is 8.64. The number of carbonyl (C=O) groups excluding carboxylic acids is 1. The van der Waals surface area contributed by atoms with Gasteiger partial charge in [-0.1, -0.05) is 6.07 Å². The third-order valence-corrected chi connectivity index (χ3v) is 4.97. The highest BCUT2D eigenvalue weighted by Gasteiger charge is 2.24. The van der Waals surface area contributed by atoms with Gasteiger partial charge in [-0.3, -0.25) is 4.79 Å². The Bertz CT molecular complexity index is 948. The summed E-state index contributed by atoms with van der Waals surface area (Å²) in [6, 6.07) is 9.35. The molecule has 0 spiro atoms. The molecule has 1 aromatic heterocycles. The van der Waals surface area contributed by atoms with E-state index in [9.17, 15) is 13.6 Å². The molecule has 3 aromatic rings. The third-order valence-electron chi connectivity index (χ3n) is 4.97. The summed E-state index contributed by atoms with van der Waals surface area (Å²) in [5.41, 5.74) is 2.80. The van der Waals surface area contributed by atoms with Crippen molar-refractivity contribution in [3.8, 4) is 0 Å². The molecule has 1 fully saturated rings. The lowest BCUT2D eigenvalue weighted by Gasteiger charge is -2.32. The van der Waals surface area contributed by atoms with Crippen molar-refractivity contribution in [2.45, 2.75) is 19.3 Å². The second-order valence-corrected chi connectivity index (χ2v) is 6.72. The molecule has 0 aliphatic carbocycles. The highest BCUT2D eigenvalue weighted by molar-refractivity contribution is 5.97. The van der Waals surface area contributed by atoms with E-state index in [2.05, 4.69) is 15.4 Å². The quantitative estimate of drug-likeness (QED) is 0.783. The smallest absolute Gasteiger partial charge is 0.253 e. The number of H-pyrrole nitrogens is 1. The van der Waals surface area contributed by atoms with Crippen molar-refractivity contribution in [1.82, 2.24) is 20.3 Å². The number of piperidine rings is 1. The van der Waals surface area contributed by atoms with Gasteiger partial charge in [0.05, 0.1) is 0 Å². The van der Waals surface area contributed by atoms with Crippen molar-refractivity contribution in [1.29, 1.82) is 0 Å². The molecule has 5 nitrogen and oxygen atoms in total. The molecule has 0 saturated carbocycles. The van der Waals surface area contributed by atoms with Crippen LogP contribution in [-0.2, 0) is 6.42 Å². The van der Waals surface area contributed by atoms with E-state index in [1.54, 1.807) is 24.3 Å². The summed E-state index contributed by atoms with van der Waals surface area (Å²) in [5, 5.41) is 10.5. The van der Waals surface area contributed by atoms with E-state index in [1.165, 1.54) is 12.1 Å². The number of rotatable bonds is 3. The summed E-state index contributed by atoms with van der Waals surface area (Å²) in [6.07, 6.45) is 2.39. The summed E-state index contributed by atoms with van der Waals surface area (Å²) in [5.74, 6) is -1.28. The maximum absolute atomic E-state index is 13.3. The summed E-state index contributed by atoms with van der Waals surface area (Å²) >= 11 is 0. The van der Waals surface area contributed by atoms with Crippen LogP contribution in [0.1, 0.15) is 28.8 Å². The summed E-state index contributed by atoms with van der Waals surface area (Å²) in [7, 11) is 0. The van der Waals surface area contributed by atoms with Gasteiger partial charge in [-0.05, 0) is 61.1 Å². The first-order chi connectivity index (χ1) is 12.6. The first-order valence-corrected chi connectivity index (χ1v) is 8.64. The van der Waals surface area contributed by atoms with Crippen molar-refractivity contribution >= 4 is 16.9 Å². The van der Waals surface area contributed by atoms with E-state index < -0.39 is 11.6 Å². The fourth-order valence-electron chi connectivity index (χ4n) is 3.50. The van der Waals surface area contributed by atoms with Gasteiger partial charge in [0.1, 0.15) is 11.0 Å². The number of fused-ring (bicyclic) bond motifs is 1. The Morgan fingerprint density at radius 2 is 1.81 bits per heavy atom. The second-order valence-electron chi connectivity index (χ2n) is 6.72. The predicted molar refractivity (Wildman–Crippen MR) is 92.6 cm³/mol. The summed E-state index contributed by atoms with van der Waals surface area (Å²) in [4.78, 5) is 14.5. The molecule has 0 atom stereocenters. The number of halogens is 2. The Kier molecular flexibility index (Phi) is 4.36. The molecule has 2 aromatic carbocycles. The Morgan fingerprint density at radius 1 is 1.04 bits per heavy atom. The molecule has 0 bridgehead atoms. The molecule has 7 heteroatoms. The van der Waals surface area contributed by atoms with E-state index >= 15 is 0 Å². The Hall–Kier alpha value is -2.83. The van der Waals surface area contributed by atoms with Crippen molar-refractivity contribution in [3.63, 3.8) is 0 Å². The Morgan fingerprint density at radius 3 is 2.58 bits per heavy atom. The molecule has 0 radical (unpaired) electrons. The van der Waals surface area contributed by atoms with E-state index in [-0.39, 0.29) is 5.91 Å². The molecule has 1 N–H and O–H groups in total. The van der Waals surface area contributed by atoms with Crippen LogP contribution in [0, 0.1) is 17.6 Å². The van der Waals surface area contributed by atoms with Gasteiger partial charge in [-0.15, -0.1) is 0 Å². The number of nitrogens with zero attached hydrogens (tertiary/aromatic N) is 3. The topological polar surface area (TPSA) is 61.9 Å². The molecule has 26 heavy (non-hydrogen) atoms. The average Bonchev–Trinajstić information content (AvgIpc) is 3.12. The minimum Gasteiger partial charge on any atom is -0.339 e. The van der Waals surface area contributed by atoms with Gasteiger partial charge in [0.25, 0.3) is 5.91 Å². The molecular formula is C19H18F2N4O. The monoisotopic (exact) mass is 356 g/mol. The van der Waals surface area contributed by atoms with Gasteiger partial charge < -0.3 is 4.90 Å². The van der Waals surface area contributed by atoms with E-state index in [4.69, 9.17) is 0 Å². The summed E-state index contributed by atoms with van der Waals surface area (Å²) < 4.78 is 26.4. The van der Waals surface area contributed by atoms with E-state index in [1.807, 2.05) is 4.90 Å². The molecule has 1 amide bonds. The number of hydrogen-bond donors (Lipinski definition) is 1. The van der Waals surface area contributed by atoms with E-state index in [0.717, 1.165) is 23.9 Å². The largest absolute Gasteiger partial charge is 0.339 e. The maximum atomic E-state index is 13.3. The lowest BCUT2D eigenvalue weighted by Crippen LogP contribution is -2.38. The highest BCUT2D eigenvalue weighted by atomic mass is 19.2. The number of aromatic amines is 1.